The van der Waals surface area contributed by atoms with E-state index in [1.807, 2.05) is 13.0 Å². The molecule has 0 aliphatic heterocycles. The average molecular weight is 511 g/mol. The zero-order valence-electron chi connectivity index (χ0n) is 20.3. The van der Waals surface area contributed by atoms with Crippen molar-refractivity contribution in [3.8, 4) is 0 Å². The highest BCUT2D eigenvalue weighted by Gasteiger charge is 2.20. The van der Waals surface area contributed by atoms with E-state index >= 15 is 0 Å². The number of carbonyl (C=O) groups excluding carboxylic acids is 3. The smallest absolute Gasteiger partial charge is 0.339 e. The molecule has 3 rings (SSSR count). The summed E-state index contributed by atoms with van der Waals surface area (Å²) in [4.78, 5) is 36.9. The van der Waals surface area contributed by atoms with E-state index in [4.69, 9.17) is 9.47 Å². The summed E-state index contributed by atoms with van der Waals surface area (Å²) < 4.78 is 35.6. The number of nitrogens with zero attached hydrogens (tertiary/aromatic N) is 1. The number of hydrogen-bond donors (Lipinski definition) is 1. The predicted octanol–water partition coefficient (Wildman–Crippen LogP) is 3.79. The lowest BCUT2D eigenvalue weighted by atomic mass is 10.1. The largest absolute Gasteiger partial charge is 0.465 e. The van der Waals surface area contributed by atoms with E-state index in [0.29, 0.717) is 11.3 Å². The Balaban J connectivity index is 1.84. The van der Waals surface area contributed by atoms with E-state index in [1.165, 1.54) is 36.7 Å². The fourth-order valence-corrected chi connectivity index (χ4v) is 4.37. The number of hydrogen-bond acceptors (Lipinski definition) is 7. The Morgan fingerprint density at radius 2 is 1.50 bits per heavy atom. The number of methoxy groups -OCH3 is 2. The molecule has 0 radical (unpaired) electrons. The van der Waals surface area contributed by atoms with Crippen LogP contribution in [-0.4, -0.2) is 46.7 Å². The first kappa shape index (κ1) is 26.4. The molecule has 0 saturated heterocycles. The third-order valence-corrected chi connectivity index (χ3v) is 6.47. The molecule has 1 amide bonds. The van der Waals surface area contributed by atoms with Gasteiger partial charge < -0.3 is 14.8 Å². The van der Waals surface area contributed by atoms with Gasteiger partial charge in [0.05, 0.1) is 49.5 Å². The number of sulfonamides is 1. The normalized spacial score (nSPS) is 10.9. The van der Waals surface area contributed by atoms with Crippen LogP contribution < -0.4 is 9.62 Å². The van der Waals surface area contributed by atoms with Gasteiger partial charge >= 0.3 is 11.9 Å². The number of amides is 1. The van der Waals surface area contributed by atoms with Crippen molar-refractivity contribution < 1.29 is 32.3 Å². The SMILES string of the molecule is COC(=O)c1ccc(C(=O)OC)c(NC(=O)c2ccc(CN(c3cccc(C)c3)S(C)(=O)=O)cc2)c1. The van der Waals surface area contributed by atoms with Crippen LogP contribution in [0.2, 0.25) is 0 Å². The molecule has 36 heavy (non-hydrogen) atoms. The predicted molar refractivity (Wildman–Crippen MR) is 136 cm³/mol. The number of nitrogens with one attached hydrogen (secondary N) is 1. The highest BCUT2D eigenvalue weighted by molar-refractivity contribution is 7.92. The molecular formula is C26H26N2O7S. The van der Waals surface area contributed by atoms with Gasteiger partial charge in [-0.25, -0.2) is 18.0 Å². The molecule has 0 atom stereocenters. The number of anilines is 2. The maximum absolute atomic E-state index is 12.9. The number of rotatable bonds is 8. The minimum Gasteiger partial charge on any atom is -0.465 e. The summed E-state index contributed by atoms with van der Waals surface area (Å²) in [5.74, 6) is -1.85. The van der Waals surface area contributed by atoms with E-state index in [2.05, 4.69) is 5.32 Å². The van der Waals surface area contributed by atoms with Crippen LogP contribution in [0.4, 0.5) is 11.4 Å². The topological polar surface area (TPSA) is 119 Å². The van der Waals surface area contributed by atoms with Gasteiger partial charge in [-0.2, -0.15) is 0 Å². The maximum Gasteiger partial charge on any atom is 0.339 e. The summed E-state index contributed by atoms with van der Waals surface area (Å²) in [7, 11) is -1.13. The summed E-state index contributed by atoms with van der Waals surface area (Å²) in [5, 5.41) is 2.62. The quantitative estimate of drug-likeness (QED) is 0.458. The van der Waals surface area contributed by atoms with Gasteiger partial charge in [0.1, 0.15) is 0 Å². The number of esters is 2. The minimum absolute atomic E-state index is 0.0667. The van der Waals surface area contributed by atoms with Crippen molar-refractivity contribution in [1.82, 2.24) is 0 Å². The molecule has 9 nitrogen and oxygen atoms in total. The Morgan fingerprint density at radius 3 is 2.08 bits per heavy atom. The Hall–Kier alpha value is -4.18. The van der Waals surface area contributed by atoms with E-state index in [-0.39, 0.29) is 28.9 Å². The summed E-state index contributed by atoms with van der Waals surface area (Å²) in [6.45, 7) is 1.96. The molecule has 0 aliphatic rings. The van der Waals surface area contributed by atoms with Crippen molar-refractivity contribution >= 4 is 39.2 Å². The molecule has 0 unspecified atom stereocenters. The minimum atomic E-state index is -3.56. The zero-order valence-corrected chi connectivity index (χ0v) is 21.1. The monoisotopic (exact) mass is 510 g/mol. The average Bonchev–Trinajstić information content (AvgIpc) is 2.85. The molecule has 188 valence electrons. The van der Waals surface area contributed by atoms with Gasteiger partial charge in [-0.05, 0) is 60.5 Å². The molecule has 1 N–H and O–H groups in total. The molecular weight excluding hydrogens is 484 g/mol. The highest BCUT2D eigenvalue weighted by atomic mass is 32.2. The van der Waals surface area contributed by atoms with Crippen molar-refractivity contribution in [2.45, 2.75) is 13.5 Å². The highest BCUT2D eigenvalue weighted by Crippen LogP contribution is 2.23. The van der Waals surface area contributed by atoms with Crippen LogP contribution in [0.5, 0.6) is 0 Å². The van der Waals surface area contributed by atoms with Gasteiger partial charge in [-0.1, -0.05) is 24.3 Å². The molecule has 0 bridgehead atoms. The van der Waals surface area contributed by atoms with Crippen molar-refractivity contribution in [3.63, 3.8) is 0 Å². The Kier molecular flexibility index (Phi) is 8.11. The second-order valence-electron chi connectivity index (χ2n) is 8.00. The molecule has 0 fully saturated rings. The number of carbonyl (C=O) groups is 3. The molecule has 10 heteroatoms. The van der Waals surface area contributed by atoms with Crippen molar-refractivity contribution in [1.29, 1.82) is 0 Å². The molecule has 0 heterocycles. The van der Waals surface area contributed by atoms with Crippen molar-refractivity contribution in [3.05, 3.63) is 94.5 Å². The fourth-order valence-electron chi connectivity index (χ4n) is 3.49. The van der Waals surface area contributed by atoms with Gasteiger partial charge in [-0.15, -0.1) is 0 Å². The van der Waals surface area contributed by atoms with Crippen LogP contribution in [0.3, 0.4) is 0 Å². The number of aryl methyl sites for hydroxylation is 1. The maximum atomic E-state index is 12.9. The standard InChI is InChI=1S/C26H26N2O7S/c1-17-6-5-7-21(14-17)28(36(4,32)33)16-18-8-10-19(11-9-18)24(29)27-23-15-20(25(30)34-2)12-13-22(23)26(31)35-3/h5-15H,16H2,1-4H3,(H,27,29). The van der Waals surface area contributed by atoms with Gasteiger partial charge in [0.25, 0.3) is 5.91 Å². The zero-order chi connectivity index (χ0) is 26.5. The van der Waals surface area contributed by atoms with E-state index in [9.17, 15) is 22.8 Å². The van der Waals surface area contributed by atoms with E-state index in [0.717, 1.165) is 11.8 Å². The summed E-state index contributed by atoms with van der Waals surface area (Å²) >= 11 is 0. The second-order valence-corrected chi connectivity index (χ2v) is 9.91. The number of benzene rings is 3. The Morgan fingerprint density at radius 1 is 0.861 bits per heavy atom. The molecule has 0 saturated carbocycles. The van der Waals surface area contributed by atoms with Crippen LogP contribution >= 0.6 is 0 Å². The molecule has 0 aromatic heterocycles. The molecule has 3 aromatic rings. The van der Waals surface area contributed by atoms with Crippen LogP contribution in [0, 0.1) is 6.92 Å². The Bertz CT molecular complexity index is 1400. The first-order valence-corrected chi connectivity index (χ1v) is 12.6. The summed E-state index contributed by atoms with van der Waals surface area (Å²) in [5.41, 5.74) is 2.70. The molecule has 0 aliphatic carbocycles. The summed E-state index contributed by atoms with van der Waals surface area (Å²) in [6, 6.07) is 17.6. The van der Waals surface area contributed by atoms with Gasteiger partial charge in [-0.3, -0.25) is 9.10 Å². The van der Waals surface area contributed by atoms with E-state index in [1.54, 1.807) is 42.5 Å². The van der Waals surface area contributed by atoms with Crippen molar-refractivity contribution in [2.75, 3.05) is 30.1 Å². The Labute approximate surface area is 209 Å². The summed E-state index contributed by atoms with van der Waals surface area (Å²) in [6.07, 6.45) is 1.14. The fraction of sp³-hybridized carbons (Fsp3) is 0.192. The molecule has 0 spiro atoms. The lowest BCUT2D eigenvalue weighted by molar-refractivity contribution is 0.0587. The lowest BCUT2D eigenvalue weighted by Gasteiger charge is -2.23. The third-order valence-electron chi connectivity index (χ3n) is 5.33. The second kappa shape index (κ2) is 11.0. The third kappa shape index (κ3) is 6.28. The van der Waals surface area contributed by atoms with Crippen LogP contribution in [0.1, 0.15) is 42.2 Å². The van der Waals surface area contributed by atoms with Crippen LogP contribution in [0.15, 0.2) is 66.7 Å². The first-order chi connectivity index (χ1) is 17.0. The number of ether oxygens (including phenoxy) is 2. The van der Waals surface area contributed by atoms with Crippen molar-refractivity contribution in [2.24, 2.45) is 0 Å². The van der Waals surface area contributed by atoms with Crippen LogP contribution in [-0.2, 0) is 26.0 Å². The van der Waals surface area contributed by atoms with Gasteiger partial charge in [0, 0.05) is 5.56 Å². The van der Waals surface area contributed by atoms with Gasteiger partial charge in [0.15, 0.2) is 0 Å². The lowest BCUT2D eigenvalue weighted by Crippen LogP contribution is -2.29. The van der Waals surface area contributed by atoms with E-state index < -0.39 is 27.9 Å². The first-order valence-electron chi connectivity index (χ1n) is 10.8. The van der Waals surface area contributed by atoms with Crippen LogP contribution in [0.25, 0.3) is 0 Å². The molecule has 3 aromatic carbocycles. The van der Waals surface area contributed by atoms with Gasteiger partial charge in [0.2, 0.25) is 10.0 Å².